The number of hydrogen-bond acceptors (Lipinski definition) is 3. The second kappa shape index (κ2) is 8.99. The molecule has 0 aromatic heterocycles. The lowest BCUT2D eigenvalue weighted by Crippen LogP contribution is -2.36. The van der Waals surface area contributed by atoms with Gasteiger partial charge in [-0.25, -0.2) is 12.8 Å². The summed E-state index contributed by atoms with van der Waals surface area (Å²) in [6.45, 7) is 1.06. The molecule has 1 amide bonds. The summed E-state index contributed by atoms with van der Waals surface area (Å²) >= 11 is 0. The number of carbonyl (C=O) groups excluding carboxylic acids is 1. The van der Waals surface area contributed by atoms with Gasteiger partial charge in [-0.05, 0) is 59.9 Å². The lowest BCUT2D eigenvalue weighted by atomic mass is 10.0. The molecule has 160 valence electrons. The van der Waals surface area contributed by atoms with Gasteiger partial charge in [0.2, 0.25) is 10.0 Å². The highest BCUT2D eigenvalue weighted by Crippen LogP contribution is 2.25. The average Bonchev–Trinajstić information content (AvgIpc) is 2.80. The van der Waals surface area contributed by atoms with E-state index in [2.05, 4.69) is 5.32 Å². The molecule has 0 saturated heterocycles. The second-order valence-electron chi connectivity index (χ2n) is 7.48. The minimum absolute atomic E-state index is 0.162. The van der Waals surface area contributed by atoms with Crippen molar-refractivity contribution in [3.63, 3.8) is 0 Å². The molecule has 31 heavy (non-hydrogen) atoms. The van der Waals surface area contributed by atoms with Crippen LogP contribution >= 0.6 is 0 Å². The maximum Gasteiger partial charge on any atom is 0.251 e. The first-order valence-electron chi connectivity index (χ1n) is 10.1. The van der Waals surface area contributed by atoms with Crippen molar-refractivity contribution >= 4 is 15.9 Å². The van der Waals surface area contributed by atoms with Gasteiger partial charge in [0.05, 0.1) is 4.90 Å². The zero-order valence-electron chi connectivity index (χ0n) is 16.9. The van der Waals surface area contributed by atoms with Crippen LogP contribution < -0.4 is 5.32 Å². The zero-order valence-corrected chi connectivity index (χ0v) is 17.7. The minimum atomic E-state index is -3.64. The predicted molar refractivity (Wildman–Crippen MR) is 117 cm³/mol. The second-order valence-corrected chi connectivity index (χ2v) is 9.42. The highest BCUT2D eigenvalue weighted by Gasteiger charge is 2.28. The van der Waals surface area contributed by atoms with Crippen LogP contribution in [0.25, 0.3) is 0 Å². The van der Waals surface area contributed by atoms with E-state index in [1.54, 1.807) is 18.2 Å². The van der Waals surface area contributed by atoms with E-state index in [9.17, 15) is 17.6 Å². The van der Waals surface area contributed by atoms with E-state index in [1.807, 2.05) is 24.3 Å². The Labute approximate surface area is 181 Å². The summed E-state index contributed by atoms with van der Waals surface area (Å²) in [7, 11) is -3.64. The molecule has 0 bridgehead atoms. The van der Waals surface area contributed by atoms with Gasteiger partial charge in [-0.2, -0.15) is 4.31 Å². The molecule has 0 atom stereocenters. The number of sulfonamides is 1. The molecule has 7 heteroatoms. The molecule has 0 aliphatic carbocycles. The van der Waals surface area contributed by atoms with E-state index in [4.69, 9.17) is 0 Å². The van der Waals surface area contributed by atoms with Crippen LogP contribution in [0.15, 0.2) is 77.7 Å². The van der Waals surface area contributed by atoms with Gasteiger partial charge >= 0.3 is 0 Å². The molecule has 3 aromatic carbocycles. The van der Waals surface area contributed by atoms with Crippen molar-refractivity contribution in [3.8, 4) is 0 Å². The number of amides is 1. The largest absolute Gasteiger partial charge is 0.352 e. The summed E-state index contributed by atoms with van der Waals surface area (Å²) in [5.41, 5.74) is 3.09. The van der Waals surface area contributed by atoms with Crippen LogP contribution in [0, 0.1) is 5.82 Å². The Morgan fingerprint density at radius 3 is 2.35 bits per heavy atom. The van der Waals surface area contributed by atoms with Gasteiger partial charge in [0.25, 0.3) is 5.91 Å². The Kier molecular flexibility index (Phi) is 6.15. The third-order valence-electron chi connectivity index (χ3n) is 5.49. The molecule has 0 saturated carbocycles. The highest BCUT2D eigenvalue weighted by molar-refractivity contribution is 7.89. The molecule has 1 N–H and O–H groups in total. The van der Waals surface area contributed by atoms with Gasteiger partial charge < -0.3 is 5.32 Å². The van der Waals surface area contributed by atoms with E-state index in [0.717, 1.165) is 5.56 Å². The van der Waals surface area contributed by atoms with E-state index >= 15 is 0 Å². The van der Waals surface area contributed by atoms with Gasteiger partial charge in [-0.15, -0.1) is 0 Å². The van der Waals surface area contributed by atoms with Crippen molar-refractivity contribution in [2.75, 3.05) is 13.1 Å². The normalized spacial score (nSPS) is 14.1. The maximum absolute atomic E-state index is 13.7. The van der Waals surface area contributed by atoms with Gasteiger partial charge in [0, 0.05) is 25.2 Å². The molecule has 0 fully saturated rings. The van der Waals surface area contributed by atoms with Crippen LogP contribution in [-0.2, 0) is 29.4 Å². The highest BCUT2D eigenvalue weighted by atomic mass is 32.2. The Hall–Kier alpha value is -3.03. The fourth-order valence-corrected chi connectivity index (χ4v) is 5.14. The summed E-state index contributed by atoms with van der Waals surface area (Å²) in [5, 5.41) is 2.74. The SMILES string of the molecule is O=C(NCCc1ccccc1F)c1ccc(S(=O)(=O)N2CCc3ccccc3C2)cc1. The van der Waals surface area contributed by atoms with Gasteiger partial charge in [0.1, 0.15) is 5.82 Å². The van der Waals surface area contributed by atoms with Crippen molar-refractivity contribution in [2.45, 2.75) is 24.3 Å². The van der Waals surface area contributed by atoms with Gasteiger partial charge in [-0.1, -0.05) is 42.5 Å². The molecule has 4 rings (SSSR count). The summed E-state index contributed by atoms with van der Waals surface area (Å²) in [5.74, 6) is -0.626. The first-order valence-corrected chi connectivity index (χ1v) is 11.6. The van der Waals surface area contributed by atoms with Crippen LogP contribution in [0.5, 0.6) is 0 Å². The smallest absolute Gasteiger partial charge is 0.251 e. The molecule has 5 nitrogen and oxygen atoms in total. The number of benzene rings is 3. The number of hydrogen-bond donors (Lipinski definition) is 1. The van der Waals surface area contributed by atoms with Crippen molar-refractivity contribution in [1.82, 2.24) is 9.62 Å². The number of nitrogens with one attached hydrogen (secondary N) is 1. The average molecular weight is 439 g/mol. The summed E-state index contributed by atoms with van der Waals surface area (Å²) in [4.78, 5) is 12.5. The monoisotopic (exact) mass is 438 g/mol. The van der Waals surface area contributed by atoms with Crippen molar-refractivity contribution in [3.05, 3.63) is 101 Å². The number of nitrogens with zero attached hydrogens (tertiary/aromatic N) is 1. The fraction of sp³-hybridized carbons (Fsp3) is 0.208. The summed E-state index contributed by atoms with van der Waals surface area (Å²) in [6, 6.07) is 20.2. The number of carbonyl (C=O) groups is 1. The van der Waals surface area contributed by atoms with E-state index < -0.39 is 10.0 Å². The first-order chi connectivity index (χ1) is 14.9. The van der Waals surface area contributed by atoms with E-state index in [-0.39, 0.29) is 23.2 Å². The molecule has 0 spiro atoms. The predicted octanol–water partition coefficient (Wildman–Crippen LogP) is 3.55. The van der Waals surface area contributed by atoms with Crippen LogP contribution in [0.4, 0.5) is 4.39 Å². The number of rotatable bonds is 6. The van der Waals surface area contributed by atoms with Crippen LogP contribution in [-0.4, -0.2) is 31.7 Å². The Morgan fingerprint density at radius 1 is 0.935 bits per heavy atom. The maximum atomic E-state index is 13.7. The topological polar surface area (TPSA) is 66.5 Å². The van der Waals surface area contributed by atoms with Crippen molar-refractivity contribution in [1.29, 1.82) is 0 Å². The van der Waals surface area contributed by atoms with Gasteiger partial charge in [-0.3, -0.25) is 4.79 Å². The molecule has 0 radical (unpaired) electrons. The molecule has 3 aromatic rings. The summed E-state index contributed by atoms with van der Waals surface area (Å²) in [6.07, 6.45) is 1.05. The van der Waals surface area contributed by atoms with Crippen LogP contribution in [0.1, 0.15) is 27.0 Å². The van der Waals surface area contributed by atoms with E-state index in [1.165, 1.54) is 40.2 Å². The van der Waals surface area contributed by atoms with Crippen LogP contribution in [0.2, 0.25) is 0 Å². The molecular weight excluding hydrogens is 415 g/mol. The quantitative estimate of drug-likeness (QED) is 0.640. The standard InChI is InChI=1S/C24H23FN2O3S/c25-23-8-4-3-6-19(23)13-15-26-24(28)20-9-11-22(12-10-20)31(29,30)27-16-14-18-5-1-2-7-21(18)17-27/h1-12H,13-17H2,(H,26,28). The third kappa shape index (κ3) is 4.68. The van der Waals surface area contributed by atoms with Crippen LogP contribution in [0.3, 0.4) is 0 Å². The number of fused-ring (bicyclic) bond motifs is 1. The van der Waals surface area contributed by atoms with Crippen molar-refractivity contribution in [2.24, 2.45) is 0 Å². The van der Waals surface area contributed by atoms with E-state index in [0.29, 0.717) is 37.1 Å². The molecule has 1 heterocycles. The minimum Gasteiger partial charge on any atom is -0.352 e. The first kappa shape index (κ1) is 21.2. The lowest BCUT2D eigenvalue weighted by Gasteiger charge is -2.28. The fourth-order valence-electron chi connectivity index (χ4n) is 3.72. The van der Waals surface area contributed by atoms with Crippen molar-refractivity contribution < 1.29 is 17.6 Å². The zero-order chi connectivity index (χ0) is 21.8. The summed E-state index contributed by atoms with van der Waals surface area (Å²) < 4.78 is 41.2. The Balaban J connectivity index is 1.39. The lowest BCUT2D eigenvalue weighted by molar-refractivity contribution is 0.0954. The molecule has 1 aliphatic heterocycles. The molecular formula is C24H23FN2O3S. The molecule has 0 unspecified atom stereocenters. The third-order valence-corrected chi connectivity index (χ3v) is 7.35. The molecule has 1 aliphatic rings. The number of halogens is 1. The Morgan fingerprint density at radius 2 is 1.61 bits per heavy atom. The van der Waals surface area contributed by atoms with Gasteiger partial charge in [0.15, 0.2) is 0 Å². The Bertz CT molecular complexity index is 1190.